The molecule has 0 rings (SSSR count). The minimum Gasteiger partial charge on any atom is -0.480 e. The van der Waals surface area contributed by atoms with E-state index in [0.29, 0.717) is 0 Å². The highest BCUT2D eigenvalue weighted by atomic mass is 16.4. The second kappa shape index (κ2) is 5.18. The molecule has 0 aliphatic heterocycles. The molecule has 0 spiro atoms. The summed E-state index contributed by atoms with van der Waals surface area (Å²) in [6.45, 7) is 0. The Kier molecular flexibility index (Phi) is 4.57. The van der Waals surface area contributed by atoms with Crippen LogP contribution in [0.3, 0.4) is 0 Å². The van der Waals surface area contributed by atoms with Crippen LogP contribution in [0, 0.1) is 0 Å². The van der Waals surface area contributed by atoms with Crippen LogP contribution < -0.4 is 11.1 Å². The Hall–Kier alpha value is -1.53. The first kappa shape index (κ1) is 11.5. The van der Waals surface area contributed by atoms with Crippen molar-refractivity contribution in [3.05, 3.63) is 0 Å². The molecule has 0 aliphatic rings. The summed E-state index contributed by atoms with van der Waals surface area (Å²) in [7, 11) is 4.71. The van der Waals surface area contributed by atoms with E-state index in [0.717, 1.165) is 0 Å². The van der Waals surface area contributed by atoms with Crippen molar-refractivity contribution in [3.8, 4) is 0 Å². The number of aliphatic carboxylic acids is 1. The average molecular weight is 184 g/mol. The lowest BCUT2D eigenvalue weighted by atomic mass is 10.1. The lowest BCUT2D eigenvalue weighted by Gasteiger charge is -2.11. The van der Waals surface area contributed by atoms with Crippen molar-refractivity contribution in [2.45, 2.75) is 18.9 Å². The zero-order valence-corrected chi connectivity index (χ0v) is 6.82. The van der Waals surface area contributed by atoms with Gasteiger partial charge in [-0.25, -0.2) is 4.79 Å². The maximum atomic E-state index is 10.4. The molecule has 0 aromatic carbocycles. The van der Waals surface area contributed by atoms with Crippen LogP contribution in [0.1, 0.15) is 12.8 Å². The summed E-state index contributed by atoms with van der Waals surface area (Å²) in [5, 5.41) is 10.5. The zero-order chi connectivity index (χ0) is 10.4. The molecule has 2 radical (unpaired) electrons. The number of amides is 2. The first-order valence-electron chi connectivity index (χ1n) is 3.50. The molecule has 0 saturated carbocycles. The Labute approximate surface area is 75.9 Å². The smallest absolute Gasteiger partial charge is 0.326 e. The Morgan fingerprint density at radius 3 is 2.31 bits per heavy atom. The fourth-order valence-corrected chi connectivity index (χ4v) is 0.716. The lowest BCUT2D eigenvalue weighted by Crippen LogP contribution is -2.40. The van der Waals surface area contributed by atoms with Gasteiger partial charge in [-0.2, -0.15) is 0 Å². The van der Waals surface area contributed by atoms with Crippen LogP contribution in [0.2, 0.25) is 0 Å². The van der Waals surface area contributed by atoms with E-state index in [4.69, 9.17) is 18.7 Å². The van der Waals surface area contributed by atoms with E-state index < -0.39 is 23.7 Å². The molecule has 2 amide bonds. The Morgan fingerprint density at radius 1 is 1.46 bits per heavy atom. The Bertz CT molecular complexity index is 231. The predicted molar refractivity (Wildman–Crippen MR) is 44.1 cm³/mol. The lowest BCUT2D eigenvalue weighted by molar-refractivity contribution is -0.139. The zero-order valence-electron chi connectivity index (χ0n) is 6.82. The molecule has 4 N–H and O–H groups in total. The van der Waals surface area contributed by atoms with E-state index >= 15 is 0 Å². The molecule has 0 bridgehead atoms. The van der Waals surface area contributed by atoms with Crippen molar-refractivity contribution in [2.24, 2.45) is 5.73 Å². The monoisotopic (exact) mass is 184 g/mol. The summed E-state index contributed by atoms with van der Waals surface area (Å²) in [5.74, 6) is -2.82. The molecular formula is C6H9BN2O4. The van der Waals surface area contributed by atoms with Crippen LogP contribution >= 0.6 is 0 Å². The van der Waals surface area contributed by atoms with Gasteiger partial charge in [0.25, 0.3) is 0 Å². The normalized spacial score (nSPS) is 11.7. The fourth-order valence-electron chi connectivity index (χ4n) is 0.716. The van der Waals surface area contributed by atoms with Gasteiger partial charge in [0.1, 0.15) is 6.04 Å². The van der Waals surface area contributed by atoms with Crippen LogP contribution in [0.4, 0.5) is 4.79 Å². The van der Waals surface area contributed by atoms with E-state index in [2.05, 4.69) is 0 Å². The third kappa shape index (κ3) is 5.71. The topological polar surface area (TPSA) is 109 Å². The SMILES string of the molecule is [B]C(=O)N[C@@H](CCC(N)=O)C(=O)O. The van der Waals surface area contributed by atoms with Crippen molar-refractivity contribution in [3.63, 3.8) is 0 Å². The van der Waals surface area contributed by atoms with Crippen LogP contribution in [0.15, 0.2) is 0 Å². The van der Waals surface area contributed by atoms with Gasteiger partial charge in [0, 0.05) is 6.42 Å². The van der Waals surface area contributed by atoms with Crippen molar-refractivity contribution in [1.82, 2.24) is 5.32 Å². The summed E-state index contributed by atoms with van der Waals surface area (Å²) in [6.07, 6.45) is -0.176. The van der Waals surface area contributed by atoms with Crippen LogP contribution in [0.25, 0.3) is 0 Å². The number of rotatable bonds is 5. The van der Waals surface area contributed by atoms with Crippen molar-refractivity contribution in [1.29, 1.82) is 0 Å². The first-order valence-corrected chi connectivity index (χ1v) is 3.50. The van der Waals surface area contributed by atoms with Gasteiger partial charge in [0.15, 0.2) is 5.81 Å². The molecule has 13 heavy (non-hydrogen) atoms. The predicted octanol–water partition coefficient (Wildman–Crippen LogP) is -1.42. The van der Waals surface area contributed by atoms with Gasteiger partial charge in [-0.1, -0.05) is 0 Å². The Morgan fingerprint density at radius 2 is 2.00 bits per heavy atom. The third-order valence-electron chi connectivity index (χ3n) is 1.29. The number of nitrogens with two attached hydrogens (primary N) is 1. The maximum Gasteiger partial charge on any atom is 0.326 e. The van der Waals surface area contributed by atoms with E-state index in [9.17, 15) is 14.4 Å². The fraction of sp³-hybridized carbons (Fsp3) is 0.500. The molecule has 0 aliphatic carbocycles. The van der Waals surface area contributed by atoms with E-state index in [1.807, 2.05) is 5.32 Å². The van der Waals surface area contributed by atoms with Crippen LogP contribution in [0.5, 0.6) is 0 Å². The largest absolute Gasteiger partial charge is 0.480 e. The van der Waals surface area contributed by atoms with Gasteiger partial charge in [-0.15, -0.1) is 0 Å². The number of nitrogens with one attached hydrogen (secondary N) is 1. The van der Waals surface area contributed by atoms with Crippen LogP contribution in [-0.2, 0) is 9.59 Å². The first-order chi connectivity index (χ1) is 5.93. The highest BCUT2D eigenvalue weighted by molar-refractivity contribution is 6.57. The van der Waals surface area contributed by atoms with Gasteiger partial charge < -0.3 is 16.2 Å². The summed E-state index contributed by atoms with van der Waals surface area (Å²) in [5.41, 5.74) is 4.80. The van der Waals surface area contributed by atoms with Gasteiger partial charge in [-0.05, 0) is 6.42 Å². The summed E-state index contributed by atoms with van der Waals surface area (Å²) >= 11 is 0. The highest BCUT2D eigenvalue weighted by Gasteiger charge is 2.18. The number of hydrogen-bond acceptors (Lipinski definition) is 3. The molecule has 0 fully saturated rings. The molecule has 0 aromatic rings. The van der Waals surface area contributed by atoms with Crippen molar-refractivity contribution >= 4 is 25.5 Å². The quantitative estimate of drug-likeness (QED) is 0.455. The molecule has 0 heterocycles. The van der Waals surface area contributed by atoms with E-state index in [-0.39, 0.29) is 12.8 Å². The number of primary amides is 1. The number of hydrogen-bond donors (Lipinski definition) is 3. The number of carboxylic acid groups (broad SMARTS) is 1. The van der Waals surface area contributed by atoms with Gasteiger partial charge in [0.2, 0.25) is 13.8 Å². The standard InChI is InChI=1S/C6H9BN2O4/c7-6(13)9-3(5(11)12)1-2-4(8)10/h3H,1-2H2,(H2,8,10)(H,9,13)(H,11,12)/t3-/m0/s1. The highest BCUT2D eigenvalue weighted by Crippen LogP contribution is 1.96. The molecule has 0 saturated heterocycles. The van der Waals surface area contributed by atoms with Crippen molar-refractivity contribution < 1.29 is 19.5 Å². The number of carbonyl (C=O) groups is 3. The molecule has 70 valence electrons. The molecule has 7 heteroatoms. The van der Waals surface area contributed by atoms with E-state index in [1.54, 1.807) is 0 Å². The van der Waals surface area contributed by atoms with Gasteiger partial charge in [-0.3, -0.25) is 9.59 Å². The summed E-state index contributed by atoms with van der Waals surface area (Å²) in [6, 6.07) is -1.16. The molecule has 1 atom stereocenters. The molecule has 0 aromatic heterocycles. The second-order valence-corrected chi connectivity index (χ2v) is 2.40. The second-order valence-electron chi connectivity index (χ2n) is 2.40. The molecular weight excluding hydrogens is 175 g/mol. The summed E-state index contributed by atoms with van der Waals surface area (Å²) < 4.78 is 0. The summed E-state index contributed by atoms with van der Waals surface area (Å²) in [4.78, 5) is 31.0. The maximum absolute atomic E-state index is 10.4. The Balaban J connectivity index is 4.02. The molecule has 6 nitrogen and oxygen atoms in total. The minimum atomic E-state index is -1.25. The number of carboxylic acids is 1. The van der Waals surface area contributed by atoms with E-state index in [1.165, 1.54) is 0 Å². The molecule has 0 unspecified atom stereocenters. The average Bonchev–Trinajstić information content (AvgIpc) is 1.96. The van der Waals surface area contributed by atoms with Gasteiger partial charge in [0.05, 0.1) is 0 Å². The van der Waals surface area contributed by atoms with Crippen molar-refractivity contribution in [2.75, 3.05) is 0 Å². The van der Waals surface area contributed by atoms with Crippen LogP contribution in [-0.4, -0.2) is 36.7 Å². The minimum absolute atomic E-state index is 0.0619. The van der Waals surface area contributed by atoms with Gasteiger partial charge >= 0.3 is 5.97 Å². The number of carbonyl (C=O) groups excluding carboxylic acids is 2. The third-order valence-corrected chi connectivity index (χ3v) is 1.29.